The number of hydrogen-bond acceptors (Lipinski definition) is 5. The number of thiazole rings is 1. The lowest BCUT2D eigenvalue weighted by Crippen LogP contribution is -2.36. The fourth-order valence-electron chi connectivity index (χ4n) is 2.63. The average Bonchev–Trinajstić information content (AvgIpc) is 3.28. The van der Waals surface area contributed by atoms with Gasteiger partial charge in [0.25, 0.3) is 0 Å². The summed E-state index contributed by atoms with van der Waals surface area (Å²) in [5.74, 6) is 1.56. The van der Waals surface area contributed by atoms with E-state index in [1.54, 1.807) is 25.5 Å². The molecule has 142 valence electrons. The van der Waals surface area contributed by atoms with Crippen LogP contribution in [-0.4, -0.2) is 34.9 Å². The number of guanidine groups is 1. The van der Waals surface area contributed by atoms with Crippen LogP contribution in [0.4, 0.5) is 0 Å². The number of nitrogens with one attached hydrogen (secondary N) is 2. The molecule has 1 aromatic carbocycles. The number of rotatable bonds is 6. The van der Waals surface area contributed by atoms with Crippen LogP contribution in [0.25, 0.3) is 5.69 Å². The lowest BCUT2D eigenvalue weighted by atomic mass is 10.3. The Morgan fingerprint density at radius 3 is 2.52 bits per heavy atom. The zero-order chi connectivity index (χ0) is 19.2. The van der Waals surface area contributed by atoms with E-state index in [9.17, 15) is 0 Å². The highest BCUT2D eigenvalue weighted by molar-refractivity contribution is 7.11. The zero-order valence-electron chi connectivity index (χ0n) is 16.0. The number of benzene rings is 1. The van der Waals surface area contributed by atoms with Gasteiger partial charge in [-0.05, 0) is 44.2 Å². The second-order valence-corrected chi connectivity index (χ2v) is 7.26. The first-order valence-corrected chi connectivity index (χ1v) is 9.47. The van der Waals surface area contributed by atoms with E-state index in [2.05, 4.69) is 25.7 Å². The van der Waals surface area contributed by atoms with Crippen LogP contribution in [-0.2, 0) is 13.1 Å². The normalized spacial score (nSPS) is 11.5. The number of hydrogen-bond donors (Lipinski definition) is 2. The van der Waals surface area contributed by atoms with Crippen molar-refractivity contribution in [2.24, 2.45) is 4.99 Å². The molecule has 3 rings (SSSR count). The molecule has 0 saturated heterocycles. The van der Waals surface area contributed by atoms with E-state index in [0.29, 0.717) is 13.1 Å². The van der Waals surface area contributed by atoms with E-state index in [1.807, 2.05) is 55.1 Å². The summed E-state index contributed by atoms with van der Waals surface area (Å²) < 4.78 is 7.03. The van der Waals surface area contributed by atoms with Gasteiger partial charge in [0.1, 0.15) is 5.75 Å². The molecule has 7 nitrogen and oxygen atoms in total. The molecule has 0 unspecified atom stereocenters. The number of ether oxygens (including phenoxy) is 1. The Labute approximate surface area is 163 Å². The van der Waals surface area contributed by atoms with Gasteiger partial charge in [-0.25, -0.2) is 9.67 Å². The highest BCUT2D eigenvalue weighted by Crippen LogP contribution is 2.16. The van der Waals surface area contributed by atoms with E-state index in [0.717, 1.165) is 33.8 Å². The van der Waals surface area contributed by atoms with Gasteiger partial charge in [-0.15, -0.1) is 11.3 Å². The Kier molecular flexibility index (Phi) is 6.08. The molecule has 2 N–H and O–H groups in total. The Morgan fingerprint density at radius 1 is 1.15 bits per heavy atom. The molecule has 0 saturated carbocycles. The Morgan fingerprint density at radius 2 is 1.89 bits per heavy atom. The summed E-state index contributed by atoms with van der Waals surface area (Å²) in [7, 11) is 3.42. The van der Waals surface area contributed by atoms with Gasteiger partial charge in [-0.3, -0.25) is 4.99 Å². The van der Waals surface area contributed by atoms with E-state index in [4.69, 9.17) is 4.74 Å². The molecule has 0 aliphatic rings. The van der Waals surface area contributed by atoms with Crippen molar-refractivity contribution in [3.05, 3.63) is 57.8 Å². The van der Waals surface area contributed by atoms with Crippen LogP contribution in [0.15, 0.2) is 41.5 Å². The Hall–Kier alpha value is -2.87. The first-order chi connectivity index (χ1) is 13.1. The van der Waals surface area contributed by atoms with Crippen molar-refractivity contribution >= 4 is 17.3 Å². The molecule has 27 heavy (non-hydrogen) atoms. The predicted octanol–water partition coefficient (Wildman–Crippen LogP) is 2.82. The Balaban J connectivity index is 1.55. The smallest absolute Gasteiger partial charge is 0.191 e. The van der Waals surface area contributed by atoms with Crippen LogP contribution in [0.2, 0.25) is 0 Å². The van der Waals surface area contributed by atoms with Crippen LogP contribution in [0.3, 0.4) is 0 Å². The molecule has 3 aromatic rings. The molecule has 0 aliphatic heterocycles. The third kappa shape index (κ3) is 4.85. The van der Waals surface area contributed by atoms with Crippen molar-refractivity contribution in [1.82, 2.24) is 25.4 Å². The molecular formula is C19H24N6OS. The first-order valence-electron chi connectivity index (χ1n) is 8.65. The number of aliphatic imine (C=N–C) groups is 1. The fourth-order valence-corrected chi connectivity index (χ4v) is 3.51. The summed E-state index contributed by atoms with van der Waals surface area (Å²) in [6, 6.07) is 9.78. The van der Waals surface area contributed by atoms with Crippen LogP contribution in [0.1, 0.15) is 21.3 Å². The topological polar surface area (TPSA) is 76.4 Å². The number of nitrogens with zero attached hydrogens (tertiary/aromatic N) is 4. The summed E-state index contributed by atoms with van der Waals surface area (Å²) in [5, 5.41) is 12.3. The molecule has 2 aromatic heterocycles. The maximum Gasteiger partial charge on any atom is 0.191 e. The van der Waals surface area contributed by atoms with E-state index in [1.165, 1.54) is 4.88 Å². The van der Waals surface area contributed by atoms with Crippen molar-refractivity contribution in [2.45, 2.75) is 26.9 Å². The second kappa shape index (κ2) is 8.68. The third-order valence-electron chi connectivity index (χ3n) is 4.06. The van der Waals surface area contributed by atoms with E-state index >= 15 is 0 Å². The average molecular weight is 385 g/mol. The standard InChI is InChI=1S/C19H24N6OS/c1-13-18(27-14(2)23-13)12-22-19(20-3)21-11-15-9-10-25(24-15)16-5-7-17(26-4)8-6-16/h5-10H,11-12H2,1-4H3,(H2,20,21,22). The van der Waals surface area contributed by atoms with Crippen LogP contribution in [0, 0.1) is 13.8 Å². The minimum atomic E-state index is 0.587. The minimum Gasteiger partial charge on any atom is -0.497 e. The molecular weight excluding hydrogens is 360 g/mol. The lowest BCUT2D eigenvalue weighted by Gasteiger charge is -2.10. The zero-order valence-corrected chi connectivity index (χ0v) is 16.8. The third-order valence-corrected chi connectivity index (χ3v) is 5.13. The molecule has 8 heteroatoms. The minimum absolute atomic E-state index is 0.587. The summed E-state index contributed by atoms with van der Waals surface area (Å²) >= 11 is 1.70. The highest BCUT2D eigenvalue weighted by atomic mass is 32.1. The number of aryl methyl sites for hydroxylation is 2. The van der Waals surface area contributed by atoms with Gasteiger partial charge in [0.05, 0.1) is 42.3 Å². The van der Waals surface area contributed by atoms with E-state index < -0.39 is 0 Å². The maximum atomic E-state index is 5.19. The highest BCUT2D eigenvalue weighted by Gasteiger charge is 2.07. The molecule has 0 fully saturated rings. The quantitative estimate of drug-likeness (QED) is 0.505. The van der Waals surface area contributed by atoms with Crippen molar-refractivity contribution < 1.29 is 4.74 Å². The van der Waals surface area contributed by atoms with Gasteiger partial charge in [-0.2, -0.15) is 5.10 Å². The molecule has 0 amide bonds. The van der Waals surface area contributed by atoms with Crippen molar-refractivity contribution in [1.29, 1.82) is 0 Å². The summed E-state index contributed by atoms with van der Waals surface area (Å²) in [6.07, 6.45) is 1.94. The van der Waals surface area contributed by atoms with Crippen LogP contribution >= 0.6 is 11.3 Å². The van der Waals surface area contributed by atoms with Crippen LogP contribution in [0.5, 0.6) is 5.75 Å². The van der Waals surface area contributed by atoms with Crippen LogP contribution < -0.4 is 15.4 Å². The van der Waals surface area contributed by atoms with Crippen molar-refractivity contribution in [2.75, 3.05) is 14.2 Å². The predicted molar refractivity (Wildman–Crippen MR) is 109 cm³/mol. The van der Waals surface area contributed by atoms with Gasteiger partial charge >= 0.3 is 0 Å². The van der Waals surface area contributed by atoms with Gasteiger partial charge in [0, 0.05) is 18.1 Å². The summed E-state index contributed by atoms with van der Waals surface area (Å²) in [4.78, 5) is 9.94. The SMILES string of the molecule is CN=C(NCc1ccn(-c2ccc(OC)cc2)n1)NCc1sc(C)nc1C. The number of methoxy groups -OCH3 is 1. The van der Waals surface area contributed by atoms with Gasteiger partial charge in [0.2, 0.25) is 0 Å². The first kappa shape index (κ1) is 18.9. The molecule has 0 atom stereocenters. The van der Waals surface area contributed by atoms with E-state index in [-0.39, 0.29) is 0 Å². The molecule has 0 radical (unpaired) electrons. The van der Waals surface area contributed by atoms with Gasteiger partial charge in [-0.1, -0.05) is 0 Å². The molecule has 2 heterocycles. The summed E-state index contributed by atoms with van der Waals surface area (Å²) in [5.41, 5.74) is 2.98. The van der Waals surface area contributed by atoms with Gasteiger partial charge < -0.3 is 15.4 Å². The number of aromatic nitrogens is 3. The largest absolute Gasteiger partial charge is 0.497 e. The monoisotopic (exact) mass is 384 g/mol. The lowest BCUT2D eigenvalue weighted by molar-refractivity contribution is 0.414. The second-order valence-electron chi connectivity index (χ2n) is 5.97. The Bertz CT molecular complexity index is 913. The summed E-state index contributed by atoms with van der Waals surface area (Å²) in [6.45, 7) is 5.34. The fraction of sp³-hybridized carbons (Fsp3) is 0.316. The maximum absolute atomic E-state index is 5.19. The van der Waals surface area contributed by atoms with Crippen molar-refractivity contribution in [3.8, 4) is 11.4 Å². The van der Waals surface area contributed by atoms with Crippen molar-refractivity contribution in [3.63, 3.8) is 0 Å². The molecule has 0 spiro atoms. The molecule has 0 aliphatic carbocycles. The molecule has 0 bridgehead atoms. The van der Waals surface area contributed by atoms with Gasteiger partial charge in [0.15, 0.2) is 5.96 Å².